The van der Waals surface area contributed by atoms with Gasteiger partial charge in [-0.05, 0) is 31.2 Å². The van der Waals surface area contributed by atoms with Gasteiger partial charge in [-0.1, -0.05) is 78.0 Å². The molecule has 3 aromatic carbocycles. The number of aromatic nitrogens is 3. The van der Waals surface area contributed by atoms with Crippen molar-refractivity contribution in [1.29, 1.82) is 0 Å². The quantitative estimate of drug-likeness (QED) is 0.282. The number of rotatable bonds is 8. The first-order valence-electron chi connectivity index (χ1n) is 9.94. The first-order chi connectivity index (χ1) is 15.4. The number of carbonyl (C=O) groups excluding carboxylic acids is 1. The van der Waals surface area contributed by atoms with Crippen molar-refractivity contribution in [2.45, 2.75) is 22.7 Å². The van der Waals surface area contributed by atoms with E-state index in [2.05, 4.69) is 10.2 Å². The van der Waals surface area contributed by atoms with Crippen LogP contribution in [0.5, 0.6) is 0 Å². The molecule has 0 saturated carbocycles. The zero-order valence-electron chi connectivity index (χ0n) is 17.4. The first kappa shape index (κ1) is 22.0. The summed E-state index contributed by atoms with van der Waals surface area (Å²) in [5.74, 6) is 0.128. The average Bonchev–Trinajstić information content (AvgIpc) is 3.20. The van der Waals surface area contributed by atoms with E-state index in [1.54, 1.807) is 41.0 Å². The largest absolute Gasteiger partial charge is 0.293 e. The van der Waals surface area contributed by atoms with Gasteiger partial charge in [0.05, 0.1) is 10.6 Å². The minimum absolute atomic E-state index is 0.0351. The zero-order valence-corrected chi connectivity index (χ0v) is 19.0. The third kappa shape index (κ3) is 4.98. The number of hydrogen-bond acceptors (Lipinski definition) is 6. The van der Waals surface area contributed by atoms with Gasteiger partial charge >= 0.3 is 0 Å². The number of para-hydroxylation sites is 1. The minimum Gasteiger partial charge on any atom is -0.293 e. The number of sulfone groups is 1. The topological polar surface area (TPSA) is 81.9 Å². The van der Waals surface area contributed by atoms with E-state index >= 15 is 0 Å². The molecule has 0 amide bonds. The van der Waals surface area contributed by atoms with Crippen LogP contribution in [0.2, 0.25) is 0 Å². The van der Waals surface area contributed by atoms with E-state index in [1.807, 2.05) is 55.5 Å². The second-order valence-electron chi connectivity index (χ2n) is 7.22. The molecule has 1 aromatic heterocycles. The molecule has 0 fully saturated rings. The Labute approximate surface area is 191 Å². The molecule has 0 aliphatic rings. The van der Waals surface area contributed by atoms with Crippen LogP contribution in [-0.4, -0.2) is 34.7 Å². The van der Waals surface area contributed by atoms with E-state index in [0.29, 0.717) is 16.5 Å². The van der Waals surface area contributed by atoms with Crippen LogP contribution >= 0.6 is 11.8 Å². The summed E-state index contributed by atoms with van der Waals surface area (Å²) in [6, 6.07) is 25.1. The maximum atomic E-state index is 13.0. The maximum absolute atomic E-state index is 13.0. The summed E-state index contributed by atoms with van der Waals surface area (Å²) in [5, 5.41) is 8.85. The molecule has 162 valence electrons. The third-order valence-electron chi connectivity index (χ3n) is 4.84. The lowest BCUT2D eigenvalue weighted by Crippen LogP contribution is -2.11. The van der Waals surface area contributed by atoms with Gasteiger partial charge in [0, 0.05) is 11.3 Å². The monoisotopic (exact) mass is 463 g/mol. The molecular weight excluding hydrogens is 442 g/mol. The van der Waals surface area contributed by atoms with Gasteiger partial charge in [-0.15, -0.1) is 10.2 Å². The predicted octanol–water partition coefficient (Wildman–Crippen LogP) is 4.52. The zero-order chi connectivity index (χ0) is 22.6. The van der Waals surface area contributed by atoms with Crippen molar-refractivity contribution in [3.8, 4) is 5.69 Å². The van der Waals surface area contributed by atoms with Gasteiger partial charge in [-0.25, -0.2) is 8.42 Å². The number of nitrogens with zero attached hydrogens (tertiary/aromatic N) is 3. The van der Waals surface area contributed by atoms with Crippen LogP contribution in [0, 0.1) is 6.92 Å². The van der Waals surface area contributed by atoms with Crippen molar-refractivity contribution in [2.24, 2.45) is 0 Å². The maximum Gasteiger partial charge on any atom is 0.196 e. The van der Waals surface area contributed by atoms with Crippen LogP contribution in [-0.2, 0) is 15.6 Å². The average molecular weight is 464 g/mol. The molecule has 0 N–H and O–H groups in total. The van der Waals surface area contributed by atoms with E-state index in [9.17, 15) is 13.2 Å². The Balaban J connectivity index is 1.64. The highest BCUT2D eigenvalue weighted by atomic mass is 32.2. The number of Topliss-reactive ketones (excluding diaryl/α,β-unsaturated/α-hetero) is 1. The van der Waals surface area contributed by atoms with Crippen molar-refractivity contribution >= 4 is 27.4 Å². The lowest BCUT2D eigenvalue weighted by molar-refractivity contribution is 0.102. The Morgan fingerprint density at radius 3 is 2.16 bits per heavy atom. The molecule has 0 aliphatic carbocycles. The van der Waals surface area contributed by atoms with Gasteiger partial charge in [0.2, 0.25) is 0 Å². The molecule has 4 aromatic rings. The van der Waals surface area contributed by atoms with Crippen molar-refractivity contribution in [1.82, 2.24) is 14.8 Å². The van der Waals surface area contributed by atoms with Gasteiger partial charge in [0.15, 0.2) is 26.6 Å². The molecular formula is C24H21N3O3S2. The van der Waals surface area contributed by atoms with E-state index < -0.39 is 9.84 Å². The Kier molecular flexibility index (Phi) is 6.53. The van der Waals surface area contributed by atoms with Crippen LogP contribution < -0.4 is 0 Å². The van der Waals surface area contributed by atoms with Gasteiger partial charge in [-0.3, -0.25) is 9.36 Å². The van der Waals surface area contributed by atoms with Crippen LogP contribution in [0.25, 0.3) is 5.69 Å². The summed E-state index contributed by atoms with van der Waals surface area (Å²) in [7, 11) is -3.62. The summed E-state index contributed by atoms with van der Waals surface area (Å²) in [6.07, 6.45) is 0. The van der Waals surface area contributed by atoms with Crippen molar-refractivity contribution in [3.63, 3.8) is 0 Å². The standard InChI is InChI=1S/C24H21N3O3S2/c1-18-12-14-21(15-13-18)32(29,30)17-23-25-26-24(27(23)20-10-6-3-7-11-20)31-16-22(28)19-8-4-2-5-9-19/h2-15H,16-17H2,1H3. The first-order valence-corrected chi connectivity index (χ1v) is 12.6. The summed E-state index contributed by atoms with van der Waals surface area (Å²) in [6.45, 7) is 1.91. The van der Waals surface area contributed by atoms with E-state index in [1.165, 1.54) is 11.8 Å². The molecule has 0 radical (unpaired) electrons. The second-order valence-corrected chi connectivity index (χ2v) is 10.2. The molecule has 4 rings (SSSR count). The van der Waals surface area contributed by atoms with Gasteiger partial charge < -0.3 is 0 Å². The highest BCUT2D eigenvalue weighted by Crippen LogP contribution is 2.25. The van der Waals surface area contributed by atoms with E-state index in [4.69, 9.17) is 0 Å². The number of hydrogen-bond donors (Lipinski definition) is 0. The van der Waals surface area contributed by atoms with Gasteiger partial charge in [0.1, 0.15) is 5.75 Å². The molecule has 6 nitrogen and oxygen atoms in total. The highest BCUT2D eigenvalue weighted by Gasteiger charge is 2.23. The van der Waals surface area contributed by atoms with Crippen molar-refractivity contribution in [3.05, 3.63) is 102 Å². The van der Waals surface area contributed by atoms with Gasteiger partial charge in [0.25, 0.3) is 0 Å². The van der Waals surface area contributed by atoms with Crippen LogP contribution in [0.15, 0.2) is 95.0 Å². The second kappa shape index (κ2) is 9.50. The summed E-state index contributed by atoms with van der Waals surface area (Å²) in [4.78, 5) is 12.8. The SMILES string of the molecule is Cc1ccc(S(=O)(=O)Cc2nnc(SCC(=O)c3ccccc3)n2-c2ccccc2)cc1. The Hall–Kier alpha value is -3.23. The fourth-order valence-corrected chi connectivity index (χ4v) is 5.27. The number of aryl methyl sites for hydroxylation is 1. The molecule has 32 heavy (non-hydrogen) atoms. The minimum atomic E-state index is -3.62. The highest BCUT2D eigenvalue weighted by molar-refractivity contribution is 7.99. The number of carbonyl (C=O) groups is 1. The smallest absolute Gasteiger partial charge is 0.196 e. The van der Waals surface area contributed by atoms with Gasteiger partial charge in [-0.2, -0.15) is 0 Å². The molecule has 0 aliphatic heterocycles. The normalized spacial score (nSPS) is 11.4. The summed E-state index contributed by atoms with van der Waals surface area (Å²) in [5.41, 5.74) is 2.34. The fourth-order valence-electron chi connectivity index (χ4n) is 3.16. The van der Waals surface area contributed by atoms with Crippen LogP contribution in [0.1, 0.15) is 21.7 Å². The lowest BCUT2D eigenvalue weighted by atomic mass is 10.2. The molecule has 1 heterocycles. The number of benzene rings is 3. The Bertz CT molecular complexity index is 1320. The number of ketones is 1. The number of thioether (sulfide) groups is 1. The lowest BCUT2D eigenvalue weighted by Gasteiger charge is -2.11. The van der Waals surface area contributed by atoms with E-state index in [0.717, 1.165) is 11.3 Å². The predicted molar refractivity (Wildman–Crippen MR) is 125 cm³/mol. The molecule has 0 spiro atoms. The van der Waals surface area contributed by atoms with Crippen LogP contribution in [0.3, 0.4) is 0 Å². The molecule has 8 heteroatoms. The molecule has 0 unspecified atom stereocenters. The van der Waals surface area contributed by atoms with Crippen molar-refractivity contribution in [2.75, 3.05) is 5.75 Å². The van der Waals surface area contributed by atoms with Crippen LogP contribution in [0.4, 0.5) is 0 Å². The van der Waals surface area contributed by atoms with Crippen molar-refractivity contribution < 1.29 is 13.2 Å². The molecule has 0 saturated heterocycles. The fraction of sp³-hybridized carbons (Fsp3) is 0.125. The summed E-state index contributed by atoms with van der Waals surface area (Å²) >= 11 is 1.23. The Morgan fingerprint density at radius 2 is 1.50 bits per heavy atom. The summed E-state index contributed by atoms with van der Waals surface area (Å²) < 4.78 is 27.7. The van der Waals surface area contributed by atoms with E-state index in [-0.39, 0.29) is 22.2 Å². The molecule has 0 bridgehead atoms. The Morgan fingerprint density at radius 1 is 0.875 bits per heavy atom. The third-order valence-corrected chi connectivity index (χ3v) is 7.40. The molecule has 0 atom stereocenters.